The second kappa shape index (κ2) is 5.88. The third-order valence-corrected chi connectivity index (χ3v) is 2.10. The van der Waals surface area contributed by atoms with Crippen LogP contribution in [-0.2, 0) is 15.9 Å². The molecule has 0 aliphatic carbocycles. The van der Waals surface area contributed by atoms with Gasteiger partial charge in [-0.15, -0.1) is 0 Å². The van der Waals surface area contributed by atoms with Crippen LogP contribution >= 0.6 is 0 Å². The molecule has 1 aromatic rings. The highest BCUT2D eigenvalue weighted by Gasteiger charge is 2.25. The molecule has 1 aromatic carbocycles. The maximum atomic E-state index is 11.3. The van der Waals surface area contributed by atoms with Crippen molar-refractivity contribution in [2.75, 3.05) is 0 Å². The van der Waals surface area contributed by atoms with E-state index in [2.05, 4.69) is 0 Å². The largest absolute Gasteiger partial charge is 0.564 e. The molecule has 0 fully saturated rings. The van der Waals surface area contributed by atoms with Gasteiger partial charge in [-0.05, 0) is 31.8 Å². The molecule has 0 unspecified atom stereocenters. The standard InChI is InChI=1S/C12H18BNO4/c1-12(2,3)17-11(15)18-13(16)10-6-4-9(8-14)5-7-10/h4-7,16H,8,14H2,1-3H3. The van der Waals surface area contributed by atoms with E-state index in [4.69, 9.17) is 15.1 Å². The maximum Gasteiger partial charge on any atom is 0.564 e. The molecule has 5 nitrogen and oxygen atoms in total. The minimum absolute atomic E-state index is 0.420. The van der Waals surface area contributed by atoms with Crippen molar-refractivity contribution in [2.24, 2.45) is 5.73 Å². The van der Waals surface area contributed by atoms with Crippen molar-refractivity contribution in [3.05, 3.63) is 29.8 Å². The Morgan fingerprint density at radius 1 is 1.33 bits per heavy atom. The maximum absolute atomic E-state index is 11.3. The summed E-state index contributed by atoms with van der Waals surface area (Å²) in [6, 6.07) is 6.82. The van der Waals surface area contributed by atoms with Crippen molar-refractivity contribution in [3.8, 4) is 0 Å². The predicted octanol–water partition coefficient (Wildman–Crippen LogP) is 0.784. The molecule has 0 atom stereocenters. The van der Waals surface area contributed by atoms with Crippen molar-refractivity contribution in [1.82, 2.24) is 0 Å². The van der Waals surface area contributed by atoms with Gasteiger partial charge in [0.05, 0.1) is 0 Å². The van der Waals surface area contributed by atoms with E-state index >= 15 is 0 Å². The van der Waals surface area contributed by atoms with Crippen LogP contribution in [0.5, 0.6) is 0 Å². The molecule has 0 bridgehead atoms. The van der Waals surface area contributed by atoms with Gasteiger partial charge in [-0.1, -0.05) is 24.3 Å². The van der Waals surface area contributed by atoms with Crippen molar-refractivity contribution in [3.63, 3.8) is 0 Å². The first-order valence-electron chi connectivity index (χ1n) is 5.68. The molecule has 0 radical (unpaired) electrons. The summed E-state index contributed by atoms with van der Waals surface area (Å²) in [7, 11) is -1.34. The molecule has 0 saturated carbocycles. The zero-order valence-electron chi connectivity index (χ0n) is 10.8. The van der Waals surface area contributed by atoms with E-state index < -0.39 is 18.9 Å². The molecule has 0 aliphatic heterocycles. The average molecular weight is 251 g/mol. The van der Waals surface area contributed by atoms with Gasteiger partial charge in [-0.25, -0.2) is 4.79 Å². The number of benzene rings is 1. The van der Waals surface area contributed by atoms with E-state index in [1.165, 1.54) is 0 Å². The van der Waals surface area contributed by atoms with Gasteiger partial charge in [0.2, 0.25) is 0 Å². The van der Waals surface area contributed by atoms with Gasteiger partial charge in [0.25, 0.3) is 0 Å². The van der Waals surface area contributed by atoms with Crippen LogP contribution in [0.1, 0.15) is 26.3 Å². The van der Waals surface area contributed by atoms with Gasteiger partial charge in [-0.2, -0.15) is 0 Å². The van der Waals surface area contributed by atoms with Gasteiger partial charge in [-0.3, -0.25) is 0 Å². The summed E-state index contributed by atoms with van der Waals surface area (Å²) in [5.74, 6) is 0. The lowest BCUT2D eigenvalue weighted by Crippen LogP contribution is -2.38. The zero-order valence-corrected chi connectivity index (χ0v) is 10.8. The second-order valence-corrected chi connectivity index (χ2v) is 4.88. The van der Waals surface area contributed by atoms with E-state index in [-0.39, 0.29) is 0 Å². The van der Waals surface area contributed by atoms with Crippen LogP contribution in [0.2, 0.25) is 0 Å². The van der Waals surface area contributed by atoms with E-state index in [9.17, 15) is 9.82 Å². The smallest absolute Gasteiger partial charge is 0.473 e. The summed E-state index contributed by atoms with van der Waals surface area (Å²) in [5, 5.41) is 9.70. The van der Waals surface area contributed by atoms with Gasteiger partial charge < -0.3 is 20.1 Å². The Balaban J connectivity index is 2.59. The molecule has 0 spiro atoms. The molecule has 0 heterocycles. The Morgan fingerprint density at radius 2 is 1.89 bits per heavy atom. The Labute approximate surface area is 107 Å². The summed E-state index contributed by atoms with van der Waals surface area (Å²) >= 11 is 0. The first kappa shape index (κ1) is 14.5. The van der Waals surface area contributed by atoms with Crippen LogP contribution in [0.15, 0.2) is 24.3 Å². The quantitative estimate of drug-likeness (QED) is 0.613. The van der Waals surface area contributed by atoms with Crippen LogP contribution in [0.4, 0.5) is 4.79 Å². The van der Waals surface area contributed by atoms with E-state index in [0.29, 0.717) is 12.0 Å². The molecule has 3 N–H and O–H groups in total. The Kier molecular flexibility index (Phi) is 4.75. The molecule has 6 heteroatoms. The molecule has 0 aliphatic rings. The van der Waals surface area contributed by atoms with Gasteiger partial charge in [0.15, 0.2) is 0 Å². The predicted molar refractivity (Wildman–Crippen MR) is 69.3 cm³/mol. The number of ether oxygens (including phenoxy) is 1. The Hall–Kier alpha value is -1.53. The van der Waals surface area contributed by atoms with Crippen molar-refractivity contribution >= 4 is 18.7 Å². The van der Waals surface area contributed by atoms with Crippen molar-refractivity contribution in [2.45, 2.75) is 32.9 Å². The summed E-state index contributed by atoms with van der Waals surface area (Å²) in [5.41, 5.74) is 6.21. The van der Waals surface area contributed by atoms with E-state index in [1.807, 2.05) is 0 Å². The minimum Gasteiger partial charge on any atom is -0.473 e. The van der Waals surface area contributed by atoms with Gasteiger partial charge in [0, 0.05) is 6.54 Å². The fourth-order valence-electron chi connectivity index (χ4n) is 1.25. The normalized spacial score (nSPS) is 10.9. The molecule has 0 amide bonds. The number of hydrogen-bond donors (Lipinski definition) is 2. The molecule has 0 aromatic heterocycles. The summed E-state index contributed by atoms with van der Waals surface area (Å²) in [6.45, 7) is 5.58. The van der Waals surface area contributed by atoms with Crippen LogP contribution in [0.25, 0.3) is 0 Å². The van der Waals surface area contributed by atoms with Gasteiger partial charge in [0.1, 0.15) is 5.60 Å². The summed E-state index contributed by atoms with van der Waals surface area (Å²) in [4.78, 5) is 11.3. The topological polar surface area (TPSA) is 81.8 Å². The lowest BCUT2D eigenvalue weighted by Gasteiger charge is -2.19. The molecular formula is C12H18BNO4. The highest BCUT2D eigenvalue weighted by atomic mass is 16.7. The van der Waals surface area contributed by atoms with Gasteiger partial charge >= 0.3 is 13.3 Å². The zero-order chi connectivity index (χ0) is 13.8. The minimum atomic E-state index is -1.34. The molecule has 98 valence electrons. The molecule has 0 saturated heterocycles. The molecule has 18 heavy (non-hydrogen) atoms. The fraction of sp³-hybridized carbons (Fsp3) is 0.417. The summed E-state index contributed by atoms with van der Waals surface area (Å²) < 4.78 is 9.68. The molecular weight excluding hydrogens is 233 g/mol. The second-order valence-electron chi connectivity index (χ2n) is 4.88. The highest BCUT2D eigenvalue weighted by Crippen LogP contribution is 2.08. The number of rotatable bonds is 3. The monoisotopic (exact) mass is 251 g/mol. The van der Waals surface area contributed by atoms with Crippen molar-refractivity contribution in [1.29, 1.82) is 0 Å². The van der Waals surface area contributed by atoms with E-state index in [0.717, 1.165) is 5.56 Å². The molecule has 1 rings (SSSR count). The summed E-state index contributed by atoms with van der Waals surface area (Å²) in [6.07, 6.45) is -0.905. The average Bonchev–Trinajstić information content (AvgIpc) is 2.26. The SMILES string of the molecule is CC(C)(C)OC(=O)OB(O)c1ccc(CN)cc1. The first-order chi connectivity index (χ1) is 8.31. The van der Waals surface area contributed by atoms with Crippen molar-refractivity contribution < 1.29 is 19.2 Å². The lowest BCUT2D eigenvalue weighted by molar-refractivity contribution is 0.0174. The number of nitrogens with two attached hydrogens (primary N) is 1. The fourth-order valence-corrected chi connectivity index (χ4v) is 1.25. The first-order valence-corrected chi connectivity index (χ1v) is 5.68. The van der Waals surface area contributed by atoms with Crippen LogP contribution in [-0.4, -0.2) is 23.9 Å². The number of hydrogen-bond acceptors (Lipinski definition) is 5. The number of carbonyl (C=O) groups excluding carboxylic acids is 1. The third-order valence-electron chi connectivity index (χ3n) is 2.10. The number of carbonyl (C=O) groups is 1. The van der Waals surface area contributed by atoms with E-state index in [1.54, 1.807) is 45.0 Å². The Bertz CT molecular complexity index is 400. The third kappa shape index (κ3) is 4.77. The van der Waals surface area contributed by atoms with Crippen LogP contribution < -0.4 is 11.2 Å². The lowest BCUT2D eigenvalue weighted by atomic mass is 9.79. The Morgan fingerprint density at radius 3 is 2.33 bits per heavy atom. The highest BCUT2D eigenvalue weighted by molar-refractivity contribution is 6.61. The van der Waals surface area contributed by atoms with Crippen LogP contribution in [0.3, 0.4) is 0 Å². The van der Waals surface area contributed by atoms with Crippen LogP contribution in [0, 0.1) is 0 Å².